The Hall–Kier alpha value is -1.11. The highest BCUT2D eigenvalue weighted by Crippen LogP contribution is 2.25. The smallest absolute Gasteiger partial charge is 0.238 e. The lowest BCUT2D eigenvalue weighted by atomic mass is 10.0. The van der Waals surface area contributed by atoms with Crippen LogP contribution in [0.15, 0.2) is 22.7 Å². The van der Waals surface area contributed by atoms with E-state index in [0.29, 0.717) is 17.3 Å². The molecule has 1 aromatic rings. The van der Waals surface area contributed by atoms with Crippen LogP contribution >= 0.6 is 27.5 Å². The molecule has 2 N–H and O–H groups in total. The summed E-state index contributed by atoms with van der Waals surface area (Å²) in [4.78, 5) is 26.0. The van der Waals surface area contributed by atoms with Gasteiger partial charge in [0.2, 0.25) is 11.8 Å². The van der Waals surface area contributed by atoms with E-state index in [1.165, 1.54) is 0 Å². The summed E-state index contributed by atoms with van der Waals surface area (Å²) in [5.74, 6) is 0.0180. The van der Waals surface area contributed by atoms with E-state index in [4.69, 9.17) is 11.6 Å². The third-order valence-corrected chi connectivity index (χ3v) is 4.84. The molecule has 0 radical (unpaired) electrons. The molecule has 1 saturated heterocycles. The van der Waals surface area contributed by atoms with E-state index in [1.807, 2.05) is 19.9 Å². The molecule has 0 aliphatic carbocycles. The maximum absolute atomic E-state index is 12.2. The summed E-state index contributed by atoms with van der Waals surface area (Å²) in [5, 5.41) is 6.40. The quantitative estimate of drug-likeness (QED) is 0.774. The lowest BCUT2D eigenvalue weighted by Gasteiger charge is -2.32. The number of hydrogen-bond donors (Lipinski definition) is 2. The van der Waals surface area contributed by atoms with Crippen molar-refractivity contribution in [3.05, 3.63) is 27.7 Å². The highest BCUT2D eigenvalue weighted by Gasteiger charge is 2.23. The third kappa shape index (κ3) is 5.76. The van der Waals surface area contributed by atoms with E-state index in [2.05, 4.69) is 31.5 Å². The number of hydrogen-bond acceptors (Lipinski definition) is 3. The maximum atomic E-state index is 12.2. The van der Waals surface area contributed by atoms with Crippen molar-refractivity contribution in [2.75, 3.05) is 25.0 Å². The second-order valence-corrected chi connectivity index (χ2v) is 7.71. The van der Waals surface area contributed by atoms with Gasteiger partial charge in [0.05, 0.1) is 17.3 Å². The monoisotopic (exact) mass is 415 g/mol. The zero-order chi connectivity index (χ0) is 17.7. The van der Waals surface area contributed by atoms with Crippen molar-refractivity contribution in [1.82, 2.24) is 10.2 Å². The molecule has 1 fully saturated rings. The van der Waals surface area contributed by atoms with Gasteiger partial charge in [-0.05, 0) is 31.0 Å². The predicted molar refractivity (Wildman–Crippen MR) is 100 cm³/mol. The minimum Gasteiger partial charge on any atom is -0.353 e. The lowest BCUT2D eigenvalue weighted by Crippen LogP contribution is -2.47. The van der Waals surface area contributed by atoms with Gasteiger partial charge in [0.25, 0.3) is 0 Å². The molecule has 1 aromatic carbocycles. The van der Waals surface area contributed by atoms with Crippen LogP contribution in [0.2, 0.25) is 5.02 Å². The van der Waals surface area contributed by atoms with Gasteiger partial charge in [-0.3, -0.25) is 14.5 Å². The normalized spacial score (nSPS) is 16.2. The summed E-state index contributed by atoms with van der Waals surface area (Å²) >= 11 is 9.45. The summed E-state index contributed by atoms with van der Waals surface area (Å²) in [6.07, 6.45) is 1.73. The fourth-order valence-electron chi connectivity index (χ4n) is 2.59. The Labute approximate surface area is 156 Å². The average Bonchev–Trinajstić information content (AvgIpc) is 2.52. The SMILES string of the molecule is CC(C)C(=O)NC1CCN(CC(=O)Nc2ccc(Br)cc2Cl)CC1. The van der Waals surface area contributed by atoms with Gasteiger partial charge in [-0.1, -0.05) is 41.4 Å². The first-order chi connectivity index (χ1) is 11.3. The number of benzene rings is 1. The van der Waals surface area contributed by atoms with Crippen molar-refractivity contribution >= 4 is 45.0 Å². The van der Waals surface area contributed by atoms with Crippen LogP contribution < -0.4 is 10.6 Å². The van der Waals surface area contributed by atoms with Crippen LogP contribution in [0.3, 0.4) is 0 Å². The number of amides is 2. The molecule has 0 atom stereocenters. The second kappa shape index (κ2) is 8.83. The maximum Gasteiger partial charge on any atom is 0.238 e. The van der Waals surface area contributed by atoms with Crippen molar-refractivity contribution in [3.63, 3.8) is 0 Å². The highest BCUT2D eigenvalue weighted by atomic mass is 79.9. The minimum absolute atomic E-state index is 0.00413. The number of nitrogens with one attached hydrogen (secondary N) is 2. The molecule has 0 bridgehead atoms. The van der Waals surface area contributed by atoms with Gasteiger partial charge in [0.1, 0.15) is 0 Å². The van der Waals surface area contributed by atoms with Gasteiger partial charge in [-0.25, -0.2) is 0 Å². The van der Waals surface area contributed by atoms with Crippen LogP contribution in [-0.4, -0.2) is 42.4 Å². The standard InChI is InChI=1S/C17H23BrClN3O2/c1-11(2)17(24)20-13-5-7-22(8-6-13)10-16(23)21-15-4-3-12(18)9-14(15)19/h3-4,9,11,13H,5-8,10H2,1-2H3,(H,20,24)(H,21,23). The lowest BCUT2D eigenvalue weighted by molar-refractivity contribution is -0.125. The summed E-state index contributed by atoms with van der Waals surface area (Å²) in [7, 11) is 0. The van der Waals surface area contributed by atoms with Crippen molar-refractivity contribution in [1.29, 1.82) is 0 Å². The molecule has 24 heavy (non-hydrogen) atoms. The van der Waals surface area contributed by atoms with Crippen LogP contribution in [0.4, 0.5) is 5.69 Å². The molecule has 0 aromatic heterocycles. The van der Waals surface area contributed by atoms with Crippen LogP contribution in [0.5, 0.6) is 0 Å². The fraction of sp³-hybridized carbons (Fsp3) is 0.529. The number of carbonyl (C=O) groups is 2. The van der Waals surface area contributed by atoms with Crippen LogP contribution in [-0.2, 0) is 9.59 Å². The van der Waals surface area contributed by atoms with Crippen molar-refractivity contribution in [3.8, 4) is 0 Å². The van der Waals surface area contributed by atoms with E-state index >= 15 is 0 Å². The molecule has 5 nitrogen and oxygen atoms in total. The molecular formula is C17H23BrClN3O2. The van der Waals surface area contributed by atoms with Gasteiger partial charge < -0.3 is 10.6 Å². The molecular weight excluding hydrogens is 394 g/mol. The molecule has 1 aliphatic heterocycles. The molecule has 0 unspecified atom stereocenters. The highest BCUT2D eigenvalue weighted by molar-refractivity contribution is 9.10. The summed E-state index contributed by atoms with van der Waals surface area (Å²) in [6, 6.07) is 5.57. The Balaban J connectivity index is 1.77. The minimum atomic E-state index is -0.0797. The van der Waals surface area contributed by atoms with Crippen molar-refractivity contribution < 1.29 is 9.59 Å². The van der Waals surface area contributed by atoms with Gasteiger partial charge in [0, 0.05) is 29.5 Å². The van der Waals surface area contributed by atoms with E-state index < -0.39 is 0 Å². The van der Waals surface area contributed by atoms with Gasteiger partial charge in [-0.15, -0.1) is 0 Å². The van der Waals surface area contributed by atoms with Crippen LogP contribution in [0, 0.1) is 5.92 Å². The topological polar surface area (TPSA) is 61.4 Å². The molecule has 0 spiro atoms. The Morgan fingerprint density at radius 2 is 2.00 bits per heavy atom. The Morgan fingerprint density at radius 3 is 2.58 bits per heavy atom. The summed E-state index contributed by atoms with van der Waals surface area (Å²) < 4.78 is 0.871. The summed E-state index contributed by atoms with van der Waals surface area (Å²) in [5.41, 5.74) is 0.615. The van der Waals surface area contributed by atoms with Gasteiger partial charge in [0.15, 0.2) is 0 Å². The average molecular weight is 417 g/mol. The van der Waals surface area contributed by atoms with E-state index in [1.54, 1.807) is 12.1 Å². The predicted octanol–water partition coefficient (Wildman–Crippen LogP) is 3.28. The summed E-state index contributed by atoms with van der Waals surface area (Å²) in [6.45, 7) is 5.70. The Bertz CT molecular complexity index is 601. The second-order valence-electron chi connectivity index (χ2n) is 6.39. The molecule has 2 rings (SSSR count). The molecule has 0 saturated carbocycles. The molecule has 7 heteroatoms. The van der Waals surface area contributed by atoms with Crippen LogP contribution in [0.25, 0.3) is 0 Å². The van der Waals surface area contributed by atoms with E-state index in [9.17, 15) is 9.59 Å². The number of piperidine rings is 1. The van der Waals surface area contributed by atoms with Crippen LogP contribution in [0.1, 0.15) is 26.7 Å². The number of anilines is 1. The van der Waals surface area contributed by atoms with E-state index in [-0.39, 0.29) is 23.8 Å². The first-order valence-electron chi connectivity index (χ1n) is 8.13. The number of carbonyl (C=O) groups excluding carboxylic acids is 2. The van der Waals surface area contributed by atoms with Crippen molar-refractivity contribution in [2.24, 2.45) is 5.92 Å². The molecule has 1 heterocycles. The number of likely N-dealkylation sites (tertiary alicyclic amines) is 1. The molecule has 132 valence electrons. The number of rotatable bonds is 5. The first-order valence-corrected chi connectivity index (χ1v) is 9.30. The fourth-order valence-corrected chi connectivity index (χ4v) is 3.31. The largest absolute Gasteiger partial charge is 0.353 e. The molecule has 1 aliphatic rings. The van der Waals surface area contributed by atoms with Crippen molar-refractivity contribution in [2.45, 2.75) is 32.7 Å². The zero-order valence-electron chi connectivity index (χ0n) is 13.9. The molecule has 2 amide bonds. The number of nitrogens with zero attached hydrogens (tertiary/aromatic N) is 1. The van der Waals surface area contributed by atoms with Gasteiger partial charge in [-0.2, -0.15) is 0 Å². The van der Waals surface area contributed by atoms with Gasteiger partial charge >= 0.3 is 0 Å². The Kier molecular flexibility index (Phi) is 7.07. The van der Waals surface area contributed by atoms with E-state index in [0.717, 1.165) is 30.4 Å². The third-order valence-electron chi connectivity index (χ3n) is 4.03. The zero-order valence-corrected chi connectivity index (χ0v) is 16.3. The first kappa shape index (κ1) is 19.2. The Morgan fingerprint density at radius 1 is 1.33 bits per heavy atom. The number of halogens is 2.